The second-order valence-electron chi connectivity index (χ2n) is 6.20. The van der Waals surface area contributed by atoms with Crippen molar-refractivity contribution in [2.75, 3.05) is 13.1 Å². The fourth-order valence-electron chi connectivity index (χ4n) is 2.92. The van der Waals surface area contributed by atoms with Gasteiger partial charge in [0, 0.05) is 25.7 Å². The smallest absolute Gasteiger partial charge is 0.225 e. The molecule has 6 heteroatoms. The number of hydrogen-bond acceptors (Lipinski definition) is 4. The minimum Gasteiger partial charge on any atom is -0.508 e. The maximum absolute atomic E-state index is 12.3. The molecule has 2 heterocycles. The van der Waals surface area contributed by atoms with E-state index < -0.39 is 0 Å². The van der Waals surface area contributed by atoms with E-state index in [0.717, 1.165) is 11.3 Å². The van der Waals surface area contributed by atoms with Gasteiger partial charge in [-0.1, -0.05) is 18.2 Å². The largest absolute Gasteiger partial charge is 0.508 e. The van der Waals surface area contributed by atoms with Gasteiger partial charge in [0.2, 0.25) is 11.8 Å². The van der Waals surface area contributed by atoms with Gasteiger partial charge in [-0.2, -0.15) is 0 Å². The van der Waals surface area contributed by atoms with E-state index in [2.05, 4.69) is 10.3 Å². The Kier molecular flexibility index (Phi) is 5.28. The van der Waals surface area contributed by atoms with E-state index in [1.807, 2.05) is 30.3 Å². The number of phenols is 1. The summed E-state index contributed by atoms with van der Waals surface area (Å²) in [5.74, 6) is -0.179. The number of carbonyl (C=O) groups is 2. The Morgan fingerprint density at radius 3 is 2.76 bits per heavy atom. The van der Waals surface area contributed by atoms with Gasteiger partial charge in [-0.15, -0.1) is 0 Å². The second-order valence-corrected chi connectivity index (χ2v) is 6.20. The molecule has 25 heavy (non-hydrogen) atoms. The summed E-state index contributed by atoms with van der Waals surface area (Å²) >= 11 is 0. The lowest BCUT2D eigenvalue weighted by molar-refractivity contribution is -0.129. The SMILES string of the molecule is O=C(NCCc1ccc(O)cc1)[C@H]1CC(=O)N(Cc2ccccn2)C1. The molecule has 6 nitrogen and oxygen atoms in total. The van der Waals surface area contributed by atoms with Crippen molar-refractivity contribution in [2.45, 2.75) is 19.4 Å². The fraction of sp³-hybridized carbons (Fsp3) is 0.316. The van der Waals surface area contributed by atoms with Crippen LogP contribution in [0, 0.1) is 5.92 Å². The number of rotatable bonds is 6. The fourth-order valence-corrected chi connectivity index (χ4v) is 2.92. The predicted octanol–water partition coefficient (Wildman–Crippen LogP) is 1.49. The van der Waals surface area contributed by atoms with Crippen LogP contribution >= 0.6 is 0 Å². The van der Waals surface area contributed by atoms with Gasteiger partial charge in [0.05, 0.1) is 18.2 Å². The van der Waals surface area contributed by atoms with E-state index in [9.17, 15) is 14.7 Å². The minimum absolute atomic E-state index is 0.00987. The Morgan fingerprint density at radius 1 is 1.24 bits per heavy atom. The van der Waals surface area contributed by atoms with Gasteiger partial charge in [0.15, 0.2) is 0 Å². The van der Waals surface area contributed by atoms with Crippen LogP contribution in [0.25, 0.3) is 0 Å². The first-order chi connectivity index (χ1) is 12.1. The summed E-state index contributed by atoms with van der Waals surface area (Å²) in [7, 11) is 0. The number of nitrogens with one attached hydrogen (secondary N) is 1. The number of benzene rings is 1. The van der Waals surface area contributed by atoms with E-state index in [1.165, 1.54) is 0 Å². The van der Waals surface area contributed by atoms with Gasteiger partial charge >= 0.3 is 0 Å². The summed E-state index contributed by atoms with van der Waals surface area (Å²) in [5.41, 5.74) is 1.86. The lowest BCUT2D eigenvalue weighted by Crippen LogP contribution is -2.34. The van der Waals surface area contributed by atoms with Crippen molar-refractivity contribution in [1.82, 2.24) is 15.2 Å². The van der Waals surface area contributed by atoms with E-state index in [0.29, 0.717) is 26.1 Å². The highest BCUT2D eigenvalue weighted by Gasteiger charge is 2.34. The molecule has 1 aliphatic heterocycles. The average Bonchev–Trinajstić information content (AvgIpc) is 2.98. The van der Waals surface area contributed by atoms with E-state index >= 15 is 0 Å². The van der Waals surface area contributed by atoms with Crippen LogP contribution < -0.4 is 5.32 Å². The van der Waals surface area contributed by atoms with E-state index in [1.54, 1.807) is 23.2 Å². The Morgan fingerprint density at radius 2 is 2.04 bits per heavy atom. The topological polar surface area (TPSA) is 82.5 Å². The summed E-state index contributed by atoms with van der Waals surface area (Å²) in [6, 6.07) is 12.5. The number of phenolic OH excluding ortho intramolecular Hbond substituents is 1. The first-order valence-corrected chi connectivity index (χ1v) is 8.35. The molecule has 1 saturated heterocycles. The van der Waals surface area contributed by atoms with Crippen molar-refractivity contribution in [3.63, 3.8) is 0 Å². The lowest BCUT2D eigenvalue weighted by atomic mass is 10.1. The maximum atomic E-state index is 12.3. The number of hydrogen-bond donors (Lipinski definition) is 2. The van der Waals surface area contributed by atoms with Crippen LogP contribution in [0.5, 0.6) is 5.75 Å². The molecule has 1 aliphatic rings. The number of nitrogens with zero attached hydrogens (tertiary/aromatic N) is 2. The third-order valence-electron chi connectivity index (χ3n) is 4.31. The molecule has 3 rings (SSSR count). The van der Waals surface area contributed by atoms with Crippen LogP contribution in [-0.2, 0) is 22.6 Å². The molecular formula is C19H21N3O3. The molecular weight excluding hydrogens is 318 g/mol. The first-order valence-electron chi connectivity index (χ1n) is 8.35. The normalized spacial score (nSPS) is 16.9. The molecule has 0 unspecified atom stereocenters. The highest BCUT2D eigenvalue weighted by molar-refractivity contribution is 5.89. The van der Waals surface area contributed by atoms with Crippen molar-refractivity contribution < 1.29 is 14.7 Å². The zero-order valence-electron chi connectivity index (χ0n) is 13.9. The van der Waals surface area contributed by atoms with Gasteiger partial charge in [0.25, 0.3) is 0 Å². The molecule has 1 fully saturated rings. The Bertz CT molecular complexity index is 731. The number of aromatic hydroxyl groups is 1. The highest BCUT2D eigenvalue weighted by atomic mass is 16.3. The van der Waals surface area contributed by atoms with Crippen molar-refractivity contribution >= 4 is 11.8 Å². The molecule has 2 aromatic rings. The van der Waals surface area contributed by atoms with E-state index in [4.69, 9.17) is 0 Å². The number of carbonyl (C=O) groups excluding carboxylic acids is 2. The molecule has 1 aromatic carbocycles. The quantitative estimate of drug-likeness (QED) is 0.835. The van der Waals surface area contributed by atoms with Gasteiger partial charge in [0.1, 0.15) is 5.75 Å². The molecule has 0 bridgehead atoms. The Hall–Kier alpha value is -2.89. The third kappa shape index (κ3) is 4.56. The van der Waals surface area contributed by atoms with Gasteiger partial charge in [-0.25, -0.2) is 0 Å². The van der Waals surface area contributed by atoms with Crippen LogP contribution in [0.2, 0.25) is 0 Å². The molecule has 130 valence electrons. The van der Waals surface area contributed by atoms with Crippen molar-refractivity contribution in [2.24, 2.45) is 5.92 Å². The minimum atomic E-state index is -0.309. The molecule has 0 aliphatic carbocycles. The molecule has 2 N–H and O–H groups in total. The number of amides is 2. The Labute approximate surface area is 146 Å². The summed E-state index contributed by atoms with van der Waals surface area (Å²) in [6.07, 6.45) is 2.63. The monoisotopic (exact) mass is 339 g/mol. The molecule has 0 spiro atoms. The summed E-state index contributed by atoms with van der Waals surface area (Å²) < 4.78 is 0. The van der Waals surface area contributed by atoms with Crippen LogP contribution in [0.15, 0.2) is 48.7 Å². The summed E-state index contributed by atoms with van der Waals surface area (Å²) in [5, 5.41) is 12.2. The van der Waals surface area contributed by atoms with Crippen LogP contribution in [-0.4, -0.2) is 39.9 Å². The second kappa shape index (κ2) is 7.79. The van der Waals surface area contributed by atoms with Crippen LogP contribution in [0.3, 0.4) is 0 Å². The summed E-state index contributed by atoms with van der Waals surface area (Å²) in [4.78, 5) is 30.3. The molecule has 1 atom stereocenters. The van der Waals surface area contributed by atoms with Crippen LogP contribution in [0.4, 0.5) is 0 Å². The standard InChI is InChI=1S/C19H21N3O3/c23-17-6-4-14(5-7-17)8-10-21-19(25)15-11-18(24)22(12-15)13-16-3-1-2-9-20-16/h1-7,9,15,23H,8,10-13H2,(H,21,25)/t15-/m0/s1. The Balaban J connectivity index is 1.46. The first kappa shape index (κ1) is 17.0. The number of aromatic nitrogens is 1. The molecule has 1 aromatic heterocycles. The van der Waals surface area contributed by atoms with Crippen molar-refractivity contribution in [1.29, 1.82) is 0 Å². The van der Waals surface area contributed by atoms with Gasteiger partial charge in [-0.05, 0) is 36.2 Å². The predicted molar refractivity (Wildman–Crippen MR) is 92.6 cm³/mol. The maximum Gasteiger partial charge on any atom is 0.225 e. The molecule has 0 radical (unpaired) electrons. The third-order valence-corrected chi connectivity index (χ3v) is 4.31. The number of likely N-dealkylation sites (tertiary alicyclic amines) is 1. The zero-order chi connectivity index (χ0) is 17.6. The van der Waals surface area contributed by atoms with Crippen molar-refractivity contribution in [3.05, 3.63) is 59.9 Å². The van der Waals surface area contributed by atoms with E-state index in [-0.39, 0.29) is 29.9 Å². The van der Waals surface area contributed by atoms with Crippen LogP contribution in [0.1, 0.15) is 17.7 Å². The highest BCUT2D eigenvalue weighted by Crippen LogP contribution is 2.20. The summed E-state index contributed by atoms with van der Waals surface area (Å²) in [6.45, 7) is 1.38. The average molecular weight is 339 g/mol. The van der Waals surface area contributed by atoms with Gasteiger partial charge < -0.3 is 15.3 Å². The molecule has 0 saturated carbocycles. The lowest BCUT2D eigenvalue weighted by Gasteiger charge is -2.16. The van der Waals surface area contributed by atoms with Crippen molar-refractivity contribution in [3.8, 4) is 5.75 Å². The molecule has 2 amide bonds. The number of pyridine rings is 1. The van der Waals surface area contributed by atoms with Gasteiger partial charge in [-0.3, -0.25) is 14.6 Å². The zero-order valence-corrected chi connectivity index (χ0v) is 13.9.